The van der Waals surface area contributed by atoms with Gasteiger partial charge in [-0.2, -0.15) is 4.98 Å². The summed E-state index contributed by atoms with van der Waals surface area (Å²) in [5.41, 5.74) is 3.89. The third-order valence-corrected chi connectivity index (χ3v) is 3.50. The van der Waals surface area contributed by atoms with Crippen LogP contribution >= 0.6 is 0 Å². The zero-order chi connectivity index (χ0) is 12.5. The van der Waals surface area contributed by atoms with E-state index in [1.165, 1.54) is 24.0 Å². The zero-order valence-corrected chi connectivity index (χ0v) is 10.6. The number of aryl methyl sites for hydroxylation is 2. The lowest BCUT2D eigenvalue weighted by atomic mass is 10.1. The number of hydrogen-bond acceptors (Lipinski definition) is 4. The second-order valence-corrected chi connectivity index (χ2v) is 4.67. The number of ether oxygens (including phenoxy) is 1. The zero-order valence-electron chi connectivity index (χ0n) is 10.6. The molecule has 0 unspecified atom stereocenters. The molecule has 0 amide bonds. The van der Waals surface area contributed by atoms with Gasteiger partial charge in [-0.25, -0.2) is 0 Å². The minimum Gasteiger partial charge on any atom is -0.372 e. The molecule has 0 fully saturated rings. The lowest BCUT2D eigenvalue weighted by Crippen LogP contribution is -1.95. The highest BCUT2D eigenvalue weighted by Crippen LogP contribution is 2.27. The molecule has 4 nitrogen and oxygen atoms in total. The monoisotopic (exact) mass is 244 g/mol. The van der Waals surface area contributed by atoms with Crippen LogP contribution in [0.15, 0.2) is 22.7 Å². The maximum absolute atomic E-state index is 5.20. The van der Waals surface area contributed by atoms with Crippen molar-refractivity contribution in [2.75, 3.05) is 7.11 Å². The standard InChI is InChI=1S/C14H16N2O2/c1-9(17-2)14-15-13(16-18-14)12-7-6-10-4-3-5-11(10)8-12/h6-9H,3-5H2,1-2H3/t9-/m0/s1. The minimum atomic E-state index is -0.166. The molecule has 1 heterocycles. The van der Waals surface area contributed by atoms with E-state index in [0.29, 0.717) is 11.7 Å². The fourth-order valence-corrected chi connectivity index (χ4v) is 2.33. The van der Waals surface area contributed by atoms with Gasteiger partial charge in [-0.15, -0.1) is 0 Å². The summed E-state index contributed by atoms with van der Waals surface area (Å²) in [6, 6.07) is 6.41. The van der Waals surface area contributed by atoms with Crippen molar-refractivity contribution in [2.45, 2.75) is 32.3 Å². The highest BCUT2D eigenvalue weighted by molar-refractivity contribution is 5.57. The van der Waals surface area contributed by atoms with Crippen molar-refractivity contribution in [3.63, 3.8) is 0 Å². The Balaban J connectivity index is 1.92. The molecule has 0 N–H and O–H groups in total. The predicted molar refractivity (Wildman–Crippen MR) is 67.2 cm³/mol. The smallest absolute Gasteiger partial charge is 0.255 e. The predicted octanol–water partition coefficient (Wildman–Crippen LogP) is 2.93. The van der Waals surface area contributed by atoms with Crippen LogP contribution in [0.1, 0.15) is 36.5 Å². The van der Waals surface area contributed by atoms with Crippen LogP contribution in [0.2, 0.25) is 0 Å². The number of hydrogen-bond donors (Lipinski definition) is 0. The largest absolute Gasteiger partial charge is 0.372 e. The molecule has 94 valence electrons. The molecule has 0 saturated carbocycles. The Hall–Kier alpha value is -1.68. The average molecular weight is 244 g/mol. The van der Waals surface area contributed by atoms with Crippen molar-refractivity contribution in [1.82, 2.24) is 10.1 Å². The number of methoxy groups -OCH3 is 1. The lowest BCUT2D eigenvalue weighted by molar-refractivity contribution is 0.0886. The number of benzene rings is 1. The molecule has 1 atom stereocenters. The third-order valence-electron chi connectivity index (χ3n) is 3.50. The summed E-state index contributed by atoms with van der Waals surface area (Å²) in [6.07, 6.45) is 3.42. The molecule has 2 aromatic rings. The highest BCUT2D eigenvalue weighted by atomic mass is 16.5. The van der Waals surface area contributed by atoms with Gasteiger partial charge in [-0.1, -0.05) is 17.3 Å². The van der Waals surface area contributed by atoms with Gasteiger partial charge in [0.05, 0.1) is 0 Å². The van der Waals surface area contributed by atoms with E-state index in [1.807, 2.05) is 6.92 Å². The van der Waals surface area contributed by atoms with Gasteiger partial charge in [0.2, 0.25) is 5.82 Å². The Labute approximate surface area is 106 Å². The van der Waals surface area contributed by atoms with Gasteiger partial charge in [-0.3, -0.25) is 0 Å². The van der Waals surface area contributed by atoms with E-state index < -0.39 is 0 Å². The van der Waals surface area contributed by atoms with Gasteiger partial charge in [0.1, 0.15) is 6.10 Å². The molecule has 1 aliphatic rings. The fraction of sp³-hybridized carbons (Fsp3) is 0.429. The van der Waals surface area contributed by atoms with Gasteiger partial charge in [0.15, 0.2) is 0 Å². The van der Waals surface area contributed by atoms with Crippen molar-refractivity contribution in [3.05, 3.63) is 35.2 Å². The number of nitrogens with zero attached hydrogens (tertiary/aromatic N) is 2. The van der Waals surface area contributed by atoms with Crippen LogP contribution < -0.4 is 0 Å². The Morgan fingerprint density at radius 2 is 2.11 bits per heavy atom. The average Bonchev–Trinajstić information content (AvgIpc) is 3.05. The third kappa shape index (κ3) is 1.93. The molecule has 1 aromatic heterocycles. The van der Waals surface area contributed by atoms with Crippen LogP contribution in [-0.2, 0) is 17.6 Å². The minimum absolute atomic E-state index is 0.166. The molecular weight excluding hydrogens is 228 g/mol. The second-order valence-electron chi connectivity index (χ2n) is 4.67. The van der Waals surface area contributed by atoms with Crippen molar-refractivity contribution in [1.29, 1.82) is 0 Å². The van der Waals surface area contributed by atoms with E-state index in [0.717, 1.165) is 12.0 Å². The van der Waals surface area contributed by atoms with E-state index in [-0.39, 0.29) is 6.10 Å². The summed E-state index contributed by atoms with van der Waals surface area (Å²) in [5, 5.41) is 4.01. The van der Waals surface area contributed by atoms with E-state index in [1.54, 1.807) is 7.11 Å². The Bertz CT molecular complexity index is 563. The van der Waals surface area contributed by atoms with Gasteiger partial charge < -0.3 is 9.26 Å². The summed E-state index contributed by atoms with van der Waals surface area (Å²) < 4.78 is 10.4. The van der Waals surface area contributed by atoms with Gasteiger partial charge >= 0.3 is 0 Å². The molecule has 3 rings (SSSR count). The van der Waals surface area contributed by atoms with Crippen LogP contribution in [0, 0.1) is 0 Å². The van der Waals surface area contributed by atoms with Crippen molar-refractivity contribution in [2.24, 2.45) is 0 Å². The maximum Gasteiger partial charge on any atom is 0.255 e. The van der Waals surface area contributed by atoms with E-state index >= 15 is 0 Å². The Morgan fingerprint density at radius 3 is 2.94 bits per heavy atom. The van der Waals surface area contributed by atoms with Crippen LogP contribution in [0.5, 0.6) is 0 Å². The summed E-state index contributed by atoms with van der Waals surface area (Å²) in [7, 11) is 1.63. The number of rotatable bonds is 3. The second kappa shape index (κ2) is 4.53. The summed E-state index contributed by atoms with van der Waals surface area (Å²) in [4.78, 5) is 4.37. The Kier molecular flexibility index (Phi) is 2.88. The quantitative estimate of drug-likeness (QED) is 0.832. The van der Waals surface area contributed by atoms with Crippen LogP contribution in [-0.4, -0.2) is 17.3 Å². The topological polar surface area (TPSA) is 48.2 Å². The number of aromatic nitrogens is 2. The van der Waals surface area contributed by atoms with Crippen LogP contribution in [0.25, 0.3) is 11.4 Å². The summed E-state index contributed by atoms with van der Waals surface area (Å²) >= 11 is 0. The molecule has 1 aliphatic carbocycles. The van der Waals surface area contributed by atoms with Crippen molar-refractivity contribution < 1.29 is 9.26 Å². The Morgan fingerprint density at radius 1 is 1.28 bits per heavy atom. The molecule has 0 bridgehead atoms. The van der Waals surface area contributed by atoms with Gasteiger partial charge in [0.25, 0.3) is 5.89 Å². The molecule has 18 heavy (non-hydrogen) atoms. The highest BCUT2D eigenvalue weighted by Gasteiger charge is 2.16. The first kappa shape index (κ1) is 11.4. The normalized spacial score (nSPS) is 15.7. The molecule has 0 radical (unpaired) electrons. The molecule has 0 spiro atoms. The summed E-state index contributed by atoms with van der Waals surface area (Å²) in [6.45, 7) is 1.89. The molecule has 0 aliphatic heterocycles. The van der Waals surface area contributed by atoms with Crippen LogP contribution in [0.4, 0.5) is 0 Å². The van der Waals surface area contributed by atoms with E-state index in [2.05, 4.69) is 28.3 Å². The molecule has 1 aromatic carbocycles. The van der Waals surface area contributed by atoms with Crippen molar-refractivity contribution in [3.8, 4) is 11.4 Å². The first-order valence-corrected chi connectivity index (χ1v) is 6.26. The maximum atomic E-state index is 5.20. The fourth-order valence-electron chi connectivity index (χ4n) is 2.33. The van der Waals surface area contributed by atoms with E-state index in [4.69, 9.17) is 9.26 Å². The lowest BCUT2D eigenvalue weighted by Gasteiger charge is -2.01. The first-order valence-electron chi connectivity index (χ1n) is 6.26. The number of fused-ring (bicyclic) bond motifs is 1. The molecule has 4 heteroatoms. The van der Waals surface area contributed by atoms with Crippen LogP contribution in [0.3, 0.4) is 0 Å². The summed E-state index contributed by atoms with van der Waals surface area (Å²) in [5.74, 6) is 1.16. The van der Waals surface area contributed by atoms with Gasteiger partial charge in [-0.05, 0) is 43.4 Å². The molecule has 0 saturated heterocycles. The van der Waals surface area contributed by atoms with Gasteiger partial charge in [0, 0.05) is 12.7 Å². The van der Waals surface area contributed by atoms with E-state index in [9.17, 15) is 0 Å². The SMILES string of the molecule is CO[C@@H](C)c1nc(-c2ccc3c(c2)CCC3)no1. The first-order chi connectivity index (χ1) is 8.78. The molecular formula is C14H16N2O2. The van der Waals surface area contributed by atoms with Crippen molar-refractivity contribution >= 4 is 0 Å².